The van der Waals surface area contributed by atoms with E-state index in [-0.39, 0.29) is 0 Å². The molecule has 1 rings (SSSR count). The zero-order valence-corrected chi connectivity index (χ0v) is 14.4. The zero-order chi connectivity index (χ0) is 15.7. The summed E-state index contributed by atoms with van der Waals surface area (Å²) in [5, 5.41) is 3.42. The van der Waals surface area contributed by atoms with Crippen molar-refractivity contribution in [2.24, 2.45) is 5.92 Å². The smallest absolute Gasteiger partial charge is 0.225 e. The number of nitrogens with zero attached hydrogens (tertiary/aromatic N) is 3. The first-order valence-corrected chi connectivity index (χ1v) is 8.32. The van der Waals surface area contributed by atoms with Gasteiger partial charge in [-0.15, -0.1) is 0 Å². The molecule has 120 valence electrons. The molecule has 1 aromatic heterocycles. The van der Waals surface area contributed by atoms with Gasteiger partial charge in [-0.25, -0.2) is 9.97 Å². The molecule has 21 heavy (non-hydrogen) atoms. The van der Waals surface area contributed by atoms with E-state index in [2.05, 4.69) is 54.8 Å². The lowest BCUT2D eigenvalue weighted by Gasteiger charge is -2.26. The van der Waals surface area contributed by atoms with E-state index in [9.17, 15) is 0 Å². The molecule has 0 aliphatic heterocycles. The molecule has 4 nitrogen and oxygen atoms in total. The van der Waals surface area contributed by atoms with Gasteiger partial charge in [-0.2, -0.15) is 0 Å². The van der Waals surface area contributed by atoms with Gasteiger partial charge in [0.15, 0.2) is 0 Å². The number of hydrogen-bond donors (Lipinski definition) is 1. The zero-order valence-electron chi connectivity index (χ0n) is 14.4. The van der Waals surface area contributed by atoms with Crippen molar-refractivity contribution in [1.82, 2.24) is 15.3 Å². The molecule has 1 N–H and O–H groups in total. The maximum Gasteiger partial charge on any atom is 0.225 e. The number of unbranched alkanes of at least 4 members (excludes halogenated alkanes) is 2. The molecule has 0 aliphatic rings. The predicted octanol–water partition coefficient (Wildman–Crippen LogP) is 3.63. The lowest BCUT2D eigenvalue weighted by Crippen LogP contribution is -2.33. The van der Waals surface area contributed by atoms with Crippen LogP contribution in [0, 0.1) is 5.92 Å². The summed E-state index contributed by atoms with van der Waals surface area (Å²) in [4.78, 5) is 11.4. The Balaban J connectivity index is 2.56. The van der Waals surface area contributed by atoms with Gasteiger partial charge < -0.3 is 10.2 Å². The van der Waals surface area contributed by atoms with Gasteiger partial charge in [0, 0.05) is 37.1 Å². The van der Waals surface area contributed by atoms with Gasteiger partial charge in [-0.05, 0) is 32.7 Å². The highest BCUT2D eigenvalue weighted by atomic mass is 15.3. The Labute approximate surface area is 130 Å². The summed E-state index contributed by atoms with van der Waals surface area (Å²) in [7, 11) is 0. The molecule has 1 aromatic rings. The second kappa shape index (κ2) is 9.72. The lowest BCUT2D eigenvalue weighted by atomic mass is 10.2. The van der Waals surface area contributed by atoms with Crippen molar-refractivity contribution >= 4 is 5.95 Å². The minimum Gasteiger partial charge on any atom is -0.338 e. The first-order valence-electron chi connectivity index (χ1n) is 8.32. The van der Waals surface area contributed by atoms with E-state index in [0.717, 1.165) is 31.1 Å². The molecule has 0 amide bonds. The fourth-order valence-electron chi connectivity index (χ4n) is 2.21. The molecule has 0 spiro atoms. The van der Waals surface area contributed by atoms with Crippen LogP contribution in [0.5, 0.6) is 0 Å². The van der Waals surface area contributed by atoms with Crippen LogP contribution in [0.2, 0.25) is 0 Å². The van der Waals surface area contributed by atoms with Crippen molar-refractivity contribution in [2.75, 3.05) is 18.0 Å². The Morgan fingerprint density at radius 2 is 1.76 bits per heavy atom. The number of rotatable bonds is 10. The van der Waals surface area contributed by atoms with Crippen LogP contribution in [-0.4, -0.2) is 29.1 Å². The molecule has 0 saturated heterocycles. The highest BCUT2D eigenvalue weighted by Gasteiger charge is 2.12. The third kappa shape index (κ3) is 6.89. The summed E-state index contributed by atoms with van der Waals surface area (Å²) in [6.45, 7) is 14.0. The van der Waals surface area contributed by atoms with E-state index in [1.807, 2.05) is 12.4 Å². The van der Waals surface area contributed by atoms with Gasteiger partial charge in [0.2, 0.25) is 5.95 Å². The third-order valence-electron chi connectivity index (χ3n) is 3.46. The summed E-state index contributed by atoms with van der Waals surface area (Å²) < 4.78 is 0. The van der Waals surface area contributed by atoms with E-state index in [1.54, 1.807) is 0 Å². The van der Waals surface area contributed by atoms with Crippen molar-refractivity contribution < 1.29 is 0 Å². The van der Waals surface area contributed by atoms with Crippen molar-refractivity contribution in [2.45, 2.75) is 66.5 Å². The van der Waals surface area contributed by atoms with Crippen LogP contribution in [0.1, 0.15) is 59.4 Å². The molecule has 1 heterocycles. The van der Waals surface area contributed by atoms with Crippen LogP contribution in [0.25, 0.3) is 0 Å². The average molecular weight is 292 g/mol. The number of nitrogens with one attached hydrogen (secondary N) is 1. The van der Waals surface area contributed by atoms with Gasteiger partial charge in [0.25, 0.3) is 0 Å². The van der Waals surface area contributed by atoms with E-state index < -0.39 is 0 Å². The first-order chi connectivity index (χ1) is 10.0. The fraction of sp³-hybridized carbons (Fsp3) is 0.765. The number of anilines is 1. The molecule has 0 aromatic carbocycles. The maximum atomic E-state index is 4.55. The van der Waals surface area contributed by atoms with Gasteiger partial charge in [-0.3, -0.25) is 0 Å². The number of hydrogen-bond acceptors (Lipinski definition) is 4. The second-order valence-electron chi connectivity index (χ2n) is 6.41. The summed E-state index contributed by atoms with van der Waals surface area (Å²) in [6.07, 6.45) is 7.61. The van der Waals surface area contributed by atoms with Crippen LogP contribution in [0.3, 0.4) is 0 Å². The van der Waals surface area contributed by atoms with Crippen molar-refractivity contribution in [1.29, 1.82) is 0 Å². The Hall–Kier alpha value is -1.16. The lowest BCUT2D eigenvalue weighted by molar-refractivity contribution is 0.550. The molecular formula is C17H32N4. The van der Waals surface area contributed by atoms with E-state index in [0.29, 0.717) is 12.0 Å². The minimum absolute atomic E-state index is 0.437. The predicted molar refractivity (Wildman–Crippen MR) is 90.6 cm³/mol. The van der Waals surface area contributed by atoms with Gasteiger partial charge in [-0.1, -0.05) is 33.6 Å². The fourth-order valence-corrected chi connectivity index (χ4v) is 2.21. The van der Waals surface area contributed by atoms with Crippen molar-refractivity contribution in [3.63, 3.8) is 0 Å². The number of aromatic nitrogens is 2. The monoisotopic (exact) mass is 292 g/mol. The van der Waals surface area contributed by atoms with E-state index in [1.165, 1.54) is 19.3 Å². The van der Waals surface area contributed by atoms with Gasteiger partial charge in [0.1, 0.15) is 0 Å². The van der Waals surface area contributed by atoms with Crippen LogP contribution >= 0.6 is 0 Å². The molecule has 0 saturated carbocycles. The van der Waals surface area contributed by atoms with Crippen LogP contribution in [-0.2, 0) is 6.54 Å². The summed E-state index contributed by atoms with van der Waals surface area (Å²) >= 11 is 0. The van der Waals surface area contributed by atoms with Crippen molar-refractivity contribution in [3.8, 4) is 0 Å². The molecule has 0 radical (unpaired) electrons. The van der Waals surface area contributed by atoms with Gasteiger partial charge in [0.05, 0.1) is 0 Å². The maximum absolute atomic E-state index is 4.55. The average Bonchev–Trinajstić information content (AvgIpc) is 2.44. The Kier molecular flexibility index (Phi) is 8.28. The molecule has 0 fully saturated rings. The molecule has 0 atom stereocenters. The van der Waals surface area contributed by atoms with Crippen molar-refractivity contribution in [3.05, 3.63) is 18.0 Å². The largest absolute Gasteiger partial charge is 0.338 e. The Morgan fingerprint density at radius 1 is 1.10 bits per heavy atom. The van der Waals surface area contributed by atoms with E-state index >= 15 is 0 Å². The van der Waals surface area contributed by atoms with Gasteiger partial charge >= 0.3 is 0 Å². The molecule has 0 aliphatic carbocycles. The SMILES string of the molecule is CCCCCN(c1ncc(CNCC(C)C)cn1)C(C)C. The Bertz CT molecular complexity index is 373. The normalized spacial score (nSPS) is 11.4. The topological polar surface area (TPSA) is 41.1 Å². The Morgan fingerprint density at radius 3 is 2.29 bits per heavy atom. The quantitative estimate of drug-likeness (QED) is 0.669. The molecule has 4 heteroatoms. The summed E-state index contributed by atoms with van der Waals surface area (Å²) in [6, 6.07) is 0.437. The summed E-state index contributed by atoms with van der Waals surface area (Å²) in [5.74, 6) is 1.52. The third-order valence-corrected chi connectivity index (χ3v) is 3.46. The highest BCUT2D eigenvalue weighted by Crippen LogP contribution is 2.12. The standard InChI is InChI=1S/C17H32N4/c1-6-7-8-9-21(15(4)5)17-19-12-16(13-20-17)11-18-10-14(2)3/h12-15,18H,6-11H2,1-5H3. The van der Waals surface area contributed by atoms with E-state index in [4.69, 9.17) is 0 Å². The molecule has 0 unspecified atom stereocenters. The first kappa shape index (κ1) is 17.9. The molecule has 0 bridgehead atoms. The summed E-state index contributed by atoms with van der Waals surface area (Å²) in [5.41, 5.74) is 1.15. The van der Waals surface area contributed by atoms with Crippen LogP contribution < -0.4 is 10.2 Å². The van der Waals surface area contributed by atoms with Crippen LogP contribution in [0.15, 0.2) is 12.4 Å². The van der Waals surface area contributed by atoms with Crippen LogP contribution in [0.4, 0.5) is 5.95 Å². The minimum atomic E-state index is 0.437. The second-order valence-corrected chi connectivity index (χ2v) is 6.41. The molecular weight excluding hydrogens is 260 g/mol. The highest BCUT2D eigenvalue weighted by molar-refractivity contribution is 5.31.